The number of ether oxygens (including phenoxy) is 1. The Bertz CT molecular complexity index is 543. The Hall–Kier alpha value is -1.82. The topological polar surface area (TPSA) is 61.8 Å². The maximum atomic E-state index is 5.51. The van der Waals surface area contributed by atoms with E-state index in [4.69, 9.17) is 4.74 Å². The quantitative estimate of drug-likeness (QED) is 0.585. The van der Waals surface area contributed by atoms with Gasteiger partial charge in [0.15, 0.2) is 5.96 Å². The van der Waals surface area contributed by atoms with Gasteiger partial charge in [-0.2, -0.15) is 0 Å². The minimum absolute atomic E-state index is 0.427. The Balaban J connectivity index is 1.82. The second-order valence-electron chi connectivity index (χ2n) is 7.05. The summed E-state index contributed by atoms with van der Waals surface area (Å²) in [6.07, 6.45) is 2.84. The first-order chi connectivity index (χ1) is 12.0. The summed E-state index contributed by atoms with van der Waals surface area (Å²) in [5.74, 6) is 2.13. The van der Waals surface area contributed by atoms with E-state index in [1.165, 1.54) is 0 Å². The SMILES string of the molecule is CCCOc1ccc(CNC(=NC)NC2CN(C(C)C)CC2C)cn1. The zero-order valence-corrected chi connectivity index (χ0v) is 16.2. The van der Waals surface area contributed by atoms with E-state index >= 15 is 0 Å². The first-order valence-electron chi connectivity index (χ1n) is 9.32. The van der Waals surface area contributed by atoms with Crippen molar-refractivity contribution in [2.75, 3.05) is 26.7 Å². The van der Waals surface area contributed by atoms with Gasteiger partial charge in [0.1, 0.15) is 0 Å². The van der Waals surface area contributed by atoms with Gasteiger partial charge in [-0.05, 0) is 31.7 Å². The molecule has 140 valence electrons. The van der Waals surface area contributed by atoms with E-state index < -0.39 is 0 Å². The highest BCUT2D eigenvalue weighted by Gasteiger charge is 2.31. The molecule has 0 amide bonds. The van der Waals surface area contributed by atoms with Crippen LogP contribution in [0.2, 0.25) is 0 Å². The number of nitrogens with one attached hydrogen (secondary N) is 2. The number of aliphatic imine (C=N–C) groups is 1. The number of likely N-dealkylation sites (tertiary alicyclic amines) is 1. The second-order valence-corrected chi connectivity index (χ2v) is 7.05. The highest BCUT2D eigenvalue weighted by Crippen LogP contribution is 2.18. The number of rotatable bonds is 7. The van der Waals surface area contributed by atoms with E-state index in [9.17, 15) is 0 Å². The molecule has 2 rings (SSSR count). The van der Waals surface area contributed by atoms with E-state index in [2.05, 4.69) is 53.2 Å². The van der Waals surface area contributed by atoms with Crippen molar-refractivity contribution in [3.63, 3.8) is 0 Å². The van der Waals surface area contributed by atoms with Crippen molar-refractivity contribution in [1.29, 1.82) is 0 Å². The molecule has 1 aromatic rings. The van der Waals surface area contributed by atoms with Crippen LogP contribution in [0.15, 0.2) is 23.3 Å². The molecule has 0 saturated carbocycles. The lowest BCUT2D eigenvalue weighted by Crippen LogP contribution is -2.46. The van der Waals surface area contributed by atoms with Gasteiger partial charge in [0.2, 0.25) is 5.88 Å². The van der Waals surface area contributed by atoms with E-state index in [-0.39, 0.29) is 0 Å². The molecule has 1 fully saturated rings. The van der Waals surface area contributed by atoms with Crippen LogP contribution < -0.4 is 15.4 Å². The number of nitrogens with zero attached hydrogens (tertiary/aromatic N) is 3. The summed E-state index contributed by atoms with van der Waals surface area (Å²) in [5, 5.41) is 6.94. The molecule has 1 aliphatic heterocycles. The molecule has 2 unspecified atom stereocenters. The van der Waals surface area contributed by atoms with Gasteiger partial charge in [0.05, 0.1) is 6.61 Å². The largest absolute Gasteiger partial charge is 0.478 e. The summed E-state index contributed by atoms with van der Waals surface area (Å²) < 4.78 is 5.51. The van der Waals surface area contributed by atoms with Gasteiger partial charge in [-0.3, -0.25) is 9.89 Å². The van der Waals surface area contributed by atoms with Crippen LogP contribution in [-0.4, -0.2) is 54.7 Å². The molecule has 0 spiro atoms. The van der Waals surface area contributed by atoms with Crippen molar-refractivity contribution < 1.29 is 4.74 Å². The third-order valence-corrected chi connectivity index (χ3v) is 4.63. The Morgan fingerprint density at radius 1 is 1.40 bits per heavy atom. The highest BCUT2D eigenvalue weighted by molar-refractivity contribution is 5.80. The monoisotopic (exact) mass is 347 g/mol. The third kappa shape index (κ3) is 5.88. The zero-order valence-electron chi connectivity index (χ0n) is 16.2. The first-order valence-corrected chi connectivity index (χ1v) is 9.32. The van der Waals surface area contributed by atoms with Crippen molar-refractivity contribution in [3.8, 4) is 5.88 Å². The Morgan fingerprint density at radius 2 is 2.20 bits per heavy atom. The molecule has 0 aliphatic carbocycles. The van der Waals surface area contributed by atoms with Crippen LogP contribution in [0.5, 0.6) is 5.88 Å². The standard InChI is InChI=1S/C19H33N5O/c1-6-9-25-18-8-7-16(10-21-18)11-22-19(20-5)23-17-13-24(14(2)3)12-15(17)4/h7-8,10,14-15,17H,6,9,11-13H2,1-5H3,(H2,20,22,23). The summed E-state index contributed by atoms with van der Waals surface area (Å²) in [5.41, 5.74) is 1.11. The van der Waals surface area contributed by atoms with Gasteiger partial charge in [0, 0.05) is 51.0 Å². The van der Waals surface area contributed by atoms with E-state index in [1.807, 2.05) is 25.4 Å². The average molecular weight is 348 g/mol. The molecule has 6 heteroatoms. The predicted octanol–water partition coefficient (Wildman–Crippen LogP) is 2.26. The molecule has 2 heterocycles. The van der Waals surface area contributed by atoms with Gasteiger partial charge in [-0.1, -0.05) is 19.9 Å². The van der Waals surface area contributed by atoms with Crippen LogP contribution in [0.25, 0.3) is 0 Å². The number of hydrogen-bond donors (Lipinski definition) is 2. The van der Waals surface area contributed by atoms with Gasteiger partial charge < -0.3 is 15.4 Å². The smallest absolute Gasteiger partial charge is 0.213 e. The molecule has 2 atom stereocenters. The molecule has 1 aliphatic rings. The number of aromatic nitrogens is 1. The minimum atomic E-state index is 0.427. The molecule has 0 bridgehead atoms. The molecule has 25 heavy (non-hydrogen) atoms. The van der Waals surface area contributed by atoms with Gasteiger partial charge in [0.25, 0.3) is 0 Å². The summed E-state index contributed by atoms with van der Waals surface area (Å²) in [7, 11) is 1.81. The molecule has 6 nitrogen and oxygen atoms in total. The van der Waals surface area contributed by atoms with Gasteiger partial charge in [-0.15, -0.1) is 0 Å². The summed E-state index contributed by atoms with van der Waals surface area (Å²) >= 11 is 0. The van der Waals surface area contributed by atoms with Crippen molar-refractivity contribution in [2.24, 2.45) is 10.9 Å². The Kier molecular flexibility index (Phi) is 7.50. The van der Waals surface area contributed by atoms with Crippen LogP contribution in [-0.2, 0) is 6.54 Å². The van der Waals surface area contributed by atoms with E-state index in [0.29, 0.717) is 37.0 Å². The number of guanidine groups is 1. The lowest BCUT2D eigenvalue weighted by Gasteiger charge is -2.22. The molecule has 0 radical (unpaired) electrons. The van der Waals surface area contributed by atoms with Crippen molar-refractivity contribution in [2.45, 2.75) is 52.7 Å². The second kappa shape index (κ2) is 9.61. The van der Waals surface area contributed by atoms with Crippen LogP contribution in [0.1, 0.15) is 39.7 Å². The minimum Gasteiger partial charge on any atom is -0.478 e. The van der Waals surface area contributed by atoms with Crippen LogP contribution in [0.3, 0.4) is 0 Å². The van der Waals surface area contributed by atoms with Crippen LogP contribution in [0.4, 0.5) is 0 Å². The average Bonchev–Trinajstić information content (AvgIpc) is 2.98. The first kappa shape index (κ1) is 19.5. The Labute approximate surface area is 152 Å². The van der Waals surface area contributed by atoms with E-state index in [1.54, 1.807) is 0 Å². The molecule has 1 saturated heterocycles. The van der Waals surface area contributed by atoms with Crippen molar-refractivity contribution in [1.82, 2.24) is 20.5 Å². The summed E-state index contributed by atoms with van der Waals surface area (Å²) in [6.45, 7) is 12.5. The number of hydrogen-bond acceptors (Lipinski definition) is 4. The zero-order chi connectivity index (χ0) is 18.2. The number of pyridine rings is 1. The maximum Gasteiger partial charge on any atom is 0.213 e. The maximum absolute atomic E-state index is 5.51. The predicted molar refractivity (Wildman–Crippen MR) is 103 cm³/mol. The summed E-state index contributed by atoms with van der Waals surface area (Å²) in [6, 6.07) is 4.97. The molecular weight excluding hydrogens is 314 g/mol. The van der Waals surface area contributed by atoms with Crippen molar-refractivity contribution in [3.05, 3.63) is 23.9 Å². The van der Waals surface area contributed by atoms with Crippen LogP contribution in [0, 0.1) is 5.92 Å². The fourth-order valence-electron chi connectivity index (χ4n) is 2.98. The van der Waals surface area contributed by atoms with E-state index in [0.717, 1.165) is 31.0 Å². The van der Waals surface area contributed by atoms with Gasteiger partial charge in [-0.25, -0.2) is 4.98 Å². The van der Waals surface area contributed by atoms with Crippen molar-refractivity contribution >= 4 is 5.96 Å². The highest BCUT2D eigenvalue weighted by atomic mass is 16.5. The fourth-order valence-corrected chi connectivity index (χ4v) is 2.98. The summed E-state index contributed by atoms with van der Waals surface area (Å²) in [4.78, 5) is 11.2. The fraction of sp³-hybridized carbons (Fsp3) is 0.684. The van der Waals surface area contributed by atoms with Gasteiger partial charge >= 0.3 is 0 Å². The third-order valence-electron chi connectivity index (χ3n) is 4.63. The molecule has 2 N–H and O–H groups in total. The lowest BCUT2D eigenvalue weighted by atomic mass is 10.1. The lowest BCUT2D eigenvalue weighted by molar-refractivity contribution is 0.265. The molecule has 1 aromatic heterocycles. The Morgan fingerprint density at radius 3 is 2.76 bits per heavy atom. The normalized spacial score (nSPS) is 21.6. The van der Waals surface area contributed by atoms with Crippen LogP contribution >= 0.6 is 0 Å². The molecular formula is C19H33N5O. The molecule has 0 aromatic carbocycles.